The van der Waals surface area contributed by atoms with Crippen LogP contribution in [0.5, 0.6) is 5.75 Å². The first-order valence-electron chi connectivity index (χ1n) is 10.0. The van der Waals surface area contributed by atoms with Gasteiger partial charge in [0.15, 0.2) is 18.2 Å². The van der Waals surface area contributed by atoms with Gasteiger partial charge in [0.25, 0.3) is 5.92 Å². The number of carbonyl (C=O) groups excluding carboxylic acids is 1. The Morgan fingerprint density at radius 3 is 2.53 bits per heavy atom. The van der Waals surface area contributed by atoms with Gasteiger partial charge in [0.1, 0.15) is 11.4 Å². The first-order valence-corrected chi connectivity index (χ1v) is 10.0. The lowest BCUT2D eigenvalue weighted by atomic mass is 9.78. The number of nitrogens with zero attached hydrogens (tertiary/aromatic N) is 4. The van der Waals surface area contributed by atoms with E-state index in [1.165, 1.54) is 0 Å². The molecule has 0 radical (unpaired) electrons. The predicted molar refractivity (Wildman–Crippen MR) is 101 cm³/mol. The molecule has 1 saturated carbocycles. The minimum atomic E-state index is -4.63. The first-order chi connectivity index (χ1) is 14.9. The number of anilines is 1. The third kappa shape index (κ3) is 4.68. The molecule has 0 spiro atoms. The fourth-order valence-electron chi connectivity index (χ4n) is 3.86. The number of hydrogen-bond donors (Lipinski definition) is 0. The van der Waals surface area contributed by atoms with Crippen LogP contribution in [0.15, 0.2) is 16.8 Å². The van der Waals surface area contributed by atoms with Crippen molar-refractivity contribution in [3.63, 3.8) is 0 Å². The molecule has 2 aromatic heterocycles. The summed E-state index contributed by atoms with van der Waals surface area (Å²) in [5.74, 6) is -2.80. The zero-order chi connectivity index (χ0) is 23.3. The average Bonchev–Trinajstić information content (AvgIpc) is 3.45. The third-order valence-electron chi connectivity index (χ3n) is 5.75. The largest absolute Gasteiger partial charge is 0.482 e. The van der Waals surface area contributed by atoms with Crippen LogP contribution in [0.1, 0.15) is 48.4 Å². The number of ether oxygens (including phenoxy) is 1. The molecule has 1 aliphatic heterocycles. The van der Waals surface area contributed by atoms with Crippen LogP contribution in [0.4, 0.5) is 27.6 Å². The summed E-state index contributed by atoms with van der Waals surface area (Å²) in [4.78, 5) is 22.5. The van der Waals surface area contributed by atoms with E-state index in [4.69, 9.17) is 9.26 Å². The van der Waals surface area contributed by atoms with Crippen molar-refractivity contribution < 1.29 is 36.0 Å². The first kappa shape index (κ1) is 22.4. The van der Waals surface area contributed by atoms with Crippen molar-refractivity contribution in [3.05, 3.63) is 29.7 Å². The van der Waals surface area contributed by atoms with E-state index in [9.17, 15) is 26.7 Å². The Morgan fingerprint density at radius 2 is 2.00 bits per heavy atom. The Morgan fingerprint density at radius 1 is 1.31 bits per heavy atom. The zero-order valence-electron chi connectivity index (χ0n) is 17.4. The van der Waals surface area contributed by atoms with E-state index in [0.717, 1.165) is 30.0 Å². The van der Waals surface area contributed by atoms with Crippen molar-refractivity contribution >= 4 is 11.5 Å². The van der Waals surface area contributed by atoms with Crippen molar-refractivity contribution in [2.75, 3.05) is 24.6 Å². The Balaban J connectivity index is 1.58. The molecule has 0 N–H and O–H groups in total. The Kier molecular flexibility index (Phi) is 5.36. The summed E-state index contributed by atoms with van der Waals surface area (Å²) < 4.78 is 74.5. The Bertz CT molecular complexity index is 1010. The fourth-order valence-corrected chi connectivity index (χ4v) is 3.86. The third-order valence-corrected chi connectivity index (χ3v) is 5.75. The number of aromatic nitrogens is 3. The maximum absolute atomic E-state index is 13.3. The molecule has 0 amide bonds. The summed E-state index contributed by atoms with van der Waals surface area (Å²) in [6, 6.07) is 1.08. The van der Waals surface area contributed by atoms with E-state index in [-0.39, 0.29) is 29.5 Å². The van der Waals surface area contributed by atoms with Gasteiger partial charge in [0.05, 0.1) is 25.0 Å². The van der Waals surface area contributed by atoms with E-state index >= 15 is 0 Å². The van der Waals surface area contributed by atoms with Gasteiger partial charge in [-0.25, -0.2) is 8.78 Å². The monoisotopic (exact) mass is 460 g/mol. The minimum absolute atomic E-state index is 0.0181. The van der Waals surface area contributed by atoms with Crippen LogP contribution in [-0.2, 0) is 5.41 Å². The number of halogens is 5. The van der Waals surface area contributed by atoms with Gasteiger partial charge < -0.3 is 14.2 Å². The Hall–Kier alpha value is -2.79. The molecule has 7 nitrogen and oxygen atoms in total. The van der Waals surface area contributed by atoms with Crippen LogP contribution >= 0.6 is 0 Å². The van der Waals surface area contributed by atoms with Crippen LogP contribution < -0.4 is 9.64 Å². The quantitative estimate of drug-likeness (QED) is 0.433. The average molecular weight is 460 g/mol. The molecule has 2 fully saturated rings. The highest BCUT2D eigenvalue weighted by Crippen LogP contribution is 2.49. The van der Waals surface area contributed by atoms with Crippen LogP contribution in [0.2, 0.25) is 0 Å². The van der Waals surface area contributed by atoms with Crippen LogP contribution in [0, 0.1) is 12.8 Å². The molecule has 2 aromatic rings. The van der Waals surface area contributed by atoms with Crippen molar-refractivity contribution in [2.45, 2.75) is 50.6 Å². The number of rotatable bonds is 8. The lowest BCUT2D eigenvalue weighted by molar-refractivity contribution is -0.153. The van der Waals surface area contributed by atoms with Crippen molar-refractivity contribution in [1.29, 1.82) is 0 Å². The maximum atomic E-state index is 13.3. The molecule has 32 heavy (non-hydrogen) atoms. The second-order valence-electron chi connectivity index (χ2n) is 8.58. The predicted octanol–water partition coefficient (Wildman–Crippen LogP) is 4.11. The number of alkyl halides is 5. The molecule has 1 atom stereocenters. The van der Waals surface area contributed by atoms with Gasteiger partial charge in [-0.15, -0.1) is 0 Å². The summed E-state index contributed by atoms with van der Waals surface area (Å²) in [5, 5.41) is 3.95. The van der Waals surface area contributed by atoms with Gasteiger partial charge in [-0.3, -0.25) is 9.78 Å². The lowest BCUT2D eigenvalue weighted by Gasteiger charge is -2.40. The van der Waals surface area contributed by atoms with E-state index in [0.29, 0.717) is 11.7 Å². The molecule has 2 aliphatic rings. The molecular formula is C20H21F5N4O3. The second-order valence-corrected chi connectivity index (χ2v) is 8.58. The van der Waals surface area contributed by atoms with Gasteiger partial charge in [0, 0.05) is 24.8 Å². The highest BCUT2D eigenvalue weighted by atomic mass is 19.4. The molecule has 1 aliphatic carbocycles. The van der Waals surface area contributed by atoms with Crippen LogP contribution in [0.25, 0.3) is 0 Å². The van der Waals surface area contributed by atoms with Gasteiger partial charge >= 0.3 is 6.18 Å². The van der Waals surface area contributed by atoms with E-state index in [1.807, 2.05) is 6.92 Å². The van der Waals surface area contributed by atoms with Gasteiger partial charge in [-0.2, -0.15) is 18.2 Å². The number of ketones is 1. The molecule has 1 unspecified atom stereocenters. The smallest absolute Gasteiger partial charge is 0.422 e. The van der Waals surface area contributed by atoms with Crippen LogP contribution in [0.3, 0.4) is 0 Å². The lowest BCUT2D eigenvalue weighted by Crippen LogP contribution is -2.56. The van der Waals surface area contributed by atoms with Crippen molar-refractivity contribution in [2.24, 2.45) is 5.92 Å². The van der Waals surface area contributed by atoms with Gasteiger partial charge in [-0.05, 0) is 18.8 Å². The molecule has 0 bridgehead atoms. The fraction of sp³-hybridized carbons (Fsp3) is 0.600. The number of Topliss-reactive ketones (excluding diaryl/α,β-unsaturated/α-hetero) is 1. The molecule has 12 heteroatoms. The van der Waals surface area contributed by atoms with Gasteiger partial charge in [0.2, 0.25) is 5.89 Å². The van der Waals surface area contributed by atoms with Crippen LogP contribution in [-0.4, -0.2) is 52.7 Å². The SMILES string of the molecule is Cc1nc(C(C)(CC(=O)c2cc(OCC(F)(F)F)c(N3CC(F)(F)C3)cn2)C2CC2)no1. The zero-order valence-corrected chi connectivity index (χ0v) is 17.4. The molecule has 174 valence electrons. The number of pyridine rings is 1. The molecule has 4 rings (SSSR count). The molecule has 1 saturated heterocycles. The number of hydrogen-bond acceptors (Lipinski definition) is 7. The summed E-state index contributed by atoms with van der Waals surface area (Å²) >= 11 is 0. The van der Waals surface area contributed by atoms with E-state index < -0.39 is 43.0 Å². The topological polar surface area (TPSA) is 81.4 Å². The molecular weight excluding hydrogens is 439 g/mol. The minimum Gasteiger partial charge on any atom is -0.482 e. The van der Waals surface area contributed by atoms with Gasteiger partial charge in [-0.1, -0.05) is 12.1 Å². The van der Waals surface area contributed by atoms with E-state index in [1.54, 1.807) is 6.92 Å². The summed E-state index contributed by atoms with van der Waals surface area (Å²) in [5.41, 5.74) is -0.859. The van der Waals surface area contributed by atoms with Crippen molar-refractivity contribution in [1.82, 2.24) is 15.1 Å². The highest BCUT2D eigenvalue weighted by molar-refractivity contribution is 5.96. The second kappa shape index (κ2) is 7.66. The molecule has 3 heterocycles. The number of aryl methyl sites for hydroxylation is 1. The standard InChI is InChI=1S/C20H21F5N4O3/c1-11-27-17(28-32-11)18(2,12-3-4-12)6-15(30)13-5-16(31-10-20(23,24)25)14(7-26-13)29-8-19(21,22)9-29/h5,7,12H,3-4,6,8-10H2,1-2H3. The highest BCUT2D eigenvalue weighted by Gasteiger charge is 2.48. The maximum Gasteiger partial charge on any atom is 0.422 e. The van der Waals surface area contributed by atoms with E-state index in [2.05, 4.69) is 15.1 Å². The Labute approximate surface area is 179 Å². The normalized spacial score (nSPS) is 19.9. The van der Waals surface area contributed by atoms with Crippen molar-refractivity contribution in [3.8, 4) is 5.75 Å². The summed E-state index contributed by atoms with van der Waals surface area (Å²) in [6.45, 7) is 0.520. The number of carbonyl (C=O) groups is 1. The molecule has 0 aromatic carbocycles. The summed E-state index contributed by atoms with van der Waals surface area (Å²) in [6.07, 6.45) is -1.81. The summed E-state index contributed by atoms with van der Waals surface area (Å²) in [7, 11) is 0.